The van der Waals surface area contributed by atoms with E-state index in [4.69, 9.17) is 9.15 Å². The summed E-state index contributed by atoms with van der Waals surface area (Å²) in [4.78, 5) is 24.5. The van der Waals surface area contributed by atoms with Gasteiger partial charge in [0.1, 0.15) is 11.3 Å². The van der Waals surface area contributed by atoms with Gasteiger partial charge in [-0.1, -0.05) is 44.2 Å². The number of fused-ring (bicyclic) bond motifs is 1. The molecule has 1 atom stereocenters. The first kappa shape index (κ1) is 20.5. The molecule has 0 fully saturated rings. The zero-order chi connectivity index (χ0) is 20.8. The zero-order valence-corrected chi connectivity index (χ0v) is 16.6. The van der Waals surface area contributed by atoms with E-state index in [0.717, 1.165) is 17.4 Å². The first-order valence-corrected chi connectivity index (χ1v) is 9.61. The molecule has 1 aromatic heterocycles. The smallest absolute Gasteiger partial charge is 0.310 e. The number of esters is 1. The van der Waals surface area contributed by atoms with E-state index in [-0.39, 0.29) is 30.7 Å². The zero-order valence-electron chi connectivity index (χ0n) is 16.6. The Morgan fingerprint density at radius 1 is 1.14 bits per heavy atom. The number of carbonyl (C=O) groups is 2. The van der Waals surface area contributed by atoms with Crippen molar-refractivity contribution in [2.45, 2.75) is 32.7 Å². The molecule has 0 bridgehead atoms. The highest BCUT2D eigenvalue weighted by molar-refractivity contribution is 5.87. The molecule has 0 aliphatic carbocycles. The van der Waals surface area contributed by atoms with Crippen molar-refractivity contribution >= 4 is 22.8 Å². The van der Waals surface area contributed by atoms with E-state index in [9.17, 15) is 14.7 Å². The molecule has 0 radical (unpaired) electrons. The number of rotatable bonds is 8. The van der Waals surface area contributed by atoms with Crippen LogP contribution in [0.2, 0.25) is 0 Å². The average Bonchev–Trinajstić information content (AvgIpc) is 3.08. The van der Waals surface area contributed by atoms with E-state index < -0.39 is 5.97 Å². The second-order valence-corrected chi connectivity index (χ2v) is 7.44. The van der Waals surface area contributed by atoms with Gasteiger partial charge >= 0.3 is 5.97 Å². The number of hydrogen-bond donors (Lipinski definition) is 2. The molecule has 2 N–H and O–H groups in total. The van der Waals surface area contributed by atoms with Gasteiger partial charge in [0, 0.05) is 17.0 Å². The third-order valence-corrected chi connectivity index (χ3v) is 4.58. The van der Waals surface area contributed by atoms with Crippen LogP contribution >= 0.6 is 0 Å². The van der Waals surface area contributed by atoms with E-state index in [0.29, 0.717) is 17.1 Å². The lowest BCUT2D eigenvalue weighted by Crippen LogP contribution is -2.33. The Bertz CT molecular complexity index is 977. The number of carbonyl (C=O) groups excluding carboxylic acids is 2. The maximum absolute atomic E-state index is 12.3. The molecule has 6 nitrogen and oxygen atoms in total. The summed E-state index contributed by atoms with van der Waals surface area (Å²) in [6.45, 7) is 3.85. The van der Waals surface area contributed by atoms with Crippen LogP contribution in [0.4, 0.5) is 0 Å². The Labute approximate surface area is 169 Å². The molecular weight excluding hydrogens is 370 g/mol. The van der Waals surface area contributed by atoms with Gasteiger partial charge in [0.05, 0.1) is 18.7 Å². The molecule has 3 aromatic rings. The van der Waals surface area contributed by atoms with Crippen LogP contribution in [0.1, 0.15) is 37.4 Å². The fourth-order valence-corrected chi connectivity index (χ4v) is 3.23. The summed E-state index contributed by atoms with van der Waals surface area (Å²) in [6.07, 6.45) is 2.23. The van der Waals surface area contributed by atoms with Gasteiger partial charge in [0.15, 0.2) is 6.61 Å². The minimum Gasteiger partial charge on any atom is -0.508 e. The summed E-state index contributed by atoms with van der Waals surface area (Å²) >= 11 is 0. The van der Waals surface area contributed by atoms with E-state index in [1.807, 2.05) is 30.3 Å². The van der Waals surface area contributed by atoms with Crippen LogP contribution in [0.15, 0.2) is 59.2 Å². The number of amides is 1. The number of hydrogen-bond acceptors (Lipinski definition) is 5. The van der Waals surface area contributed by atoms with E-state index >= 15 is 0 Å². The fraction of sp³-hybridized carbons (Fsp3) is 0.304. The second-order valence-electron chi connectivity index (χ2n) is 7.44. The summed E-state index contributed by atoms with van der Waals surface area (Å²) in [5.41, 5.74) is 2.16. The second kappa shape index (κ2) is 9.28. The SMILES string of the molecule is CC(C)C[C@@H](NC(=O)COC(=O)Cc1coc2cc(O)ccc12)c1ccccc1. The molecule has 1 amide bonds. The van der Waals surface area contributed by atoms with Gasteiger partial charge in [-0.05, 0) is 30.0 Å². The molecule has 0 saturated heterocycles. The van der Waals surface area contributed by atoms with Gasteiger partial charge < -0.3 is 19.6 Å². The van der Waals surface area contributed by atoms with Crippen LogP contribution in [-0.2, 0) is 20.7 Å². The van der Waals surface area contributed by atoms with Crippen molar-refractivity contribution in [3.63, 3.8) is 0 Å². The molecule has 6 heteroatoms. The summed E-state index contributed by atoms with van der Waals surface area (Å²) in [7, 11) is 0. The average molecular weight is 395 g/mol. The topological polar surface area (TPSA) is 88.8 Å². The Morgan fingerprint density at radius 3 is 2.62 bits per heavy atom. The predicted molar refractivity (Wildman–Crippen MR) is 109 cm³/mol. The molecule has 0 unspecified atom stereocenters. The lowest BCUT2D eigenvalue weighted by Gasteiger charge is -2.21. The van der Waals surface area contributed by atoms with Crippen LogP contribution < -0.4 is 5.32 Å². The van der Waals surface area contributed by atoms with E-state index in [2.05, 4.69) is 19.2 Å². The highest BCUT2D eigenvalue weighted by atomic mass is 16.5. The molecule has 0 saturated carbocycles. The number of aromatic hydroxyl groups is 1. The number of benzene rings is 2. The third kappa shape index (κ3) is 5.60. The summed E-state index contributed by atoms with van der Waals surface area (Å²) in [5.74, 6) is -0.366. The molecule has 1 heterocycles. The molecule has 152 valence electrons. The Kier molecular flexibility index (Phi) is 6.54. The predicted octanol–water partition coefficient (Wildman–Crippen LogP) is 4.13. The van der Waals surface area contributed by atoms with Crippen LogP contribution in [-0.4, -0.2) is 23.6 Å². The minimum atomic E-state index is -0.518. The number of furan rings is 1. The Hall–Kier alpha value is -3.28. The van der Waals surface area contributed by atoms with Gasteiger partial charge in [0.2, 0.25) is 0 Å². The monoisotopic (exact) mass is 395 g/mol. The van der Waals surface area contributed by atoms with Gasteiger partial charge in [-0.15, -0.1) is 0 Å². The maximum Gasteiger partial charge on any atom is 0.310 e. The van der Waals surface area contributed by atoms with Crippen molar-refractivity contribution in [1.29, 1.82) is 0 Å². The van der Waals surface area contributed by atoms with Crippen molar-refractivity contribution in [3.8, 4) is 5.75 Å². The van der Waals surface area contributed by atoms with Gasteiger partial charge in [0.25, 0.3) is 5.91 Å². The minimum absolute atomic E-state index is 0.0147. The molecule has 0 aliphatic rings. The number of phenols is 1. The van der Waals surface area contributed by atoms with Crippen molar-refractivity contribution in [3.05, 3.63) is 65.9 Å². The Balaban J connectivity index is 1.55. The van der Waals surface area contributed by atoms with Crippen molar-refractivity contribution in [1.82, 2.24) is 5.32 Å². The number of nitrogens with one attached hydrogen (secondary N) is 1. The van der Waals surface area contributed by atoms with Crippen LogP contribution in [0, 0.1) is 5.92 Å². The maximum atomic E-state index is 12.3. The lowest BCUT2D eigenvalue weighted by molar-refractivity contribution is -0.148. The lowest BCUT2D eigenvalue weighted by atomic mass is 9.97. The Morgan fingerprint density at radius 2 is 1.90 bits per heavy atom. The van der Waals surface area contributed by atoms with E-state index in [1.165, 1.54) is 18.4 Å². The molecule has 0 spiro atoms. The van der Waals surface area contributed by atoms with Crippen LogP contribution in [0.25, 0.3) is 11.0 Å². The summed E-state index contributed by atoms with van der Waals surface area (Å²) < 4.78 is 10.5. The number of phenolic OH excluding ortho intramolecular Hbond substituents is 1. The molecule has 2 aromatic carbocycles. The summed E-state index contributed by atoms with van der Waals surface area (Å²) in [6, 6.07) is 14.3. The molecule has 0 aliphatic heterocycles. The van der Waals surface area contributed by atoms with Gasteiger partial charge in [-0.25, -0.2) is 0 Å². The third-order valence-electron chi connectivity index (χ3n) is 4.58. The highest BCUT2D eigenvalue weighted by Crippen LogP contribution is 2.25. The normalized spacial score (nSPS) is 12.1. The quantitative estimate of drug-likeness (QED) is 0.560. The van der Waals surface area contributed by atoms with Crippen LogP contribution in [0.3, 0.4) is 0 Å². The van der Waals surface area contributed by atoms with Crippen molar-refractivity contribution in [2.75, 3.05) is 6.61 Å². The molecule has 29 heavy (non-hydrogen) atoms. The van der Waals surface area contributed by atoms with Gasteiger partial charge in [-0.2, -0.15) is 0 Å². The fourth-order valence-electron chi connectivity index (χ4n) is 3.23. The highest BCUT2D eigenvalue weighted by Gasteiger charge is 2.18. The van der Waals surface area contributed by atoms with Crippen molar-refractivity contribution < 1.29 is 23.8 Å². The standard InChI is InChI=1S/C23H25NO5/c1-15(2)10-20(16-6-4-3-5-7-16)24-22(26)14-29-23(27)11-17-13-28-21-12-18(25)8-9-19(17)21/h3-9,12-13,15,20,25H,10-11,14H2,1-2H3,(H,24,26)/t20-/m1/s1. The first-order chi connectivity index (χ1) is 13.9. The largest absolute Gasteiger partial charge is 0.508 e. The molecular formula is C23H25NO5. The summed E-state index contributed by atoms with van der Waals surface area (Å²) in [5, 5.41) is 13.2. The number of ether oxygens (including phenoxy) is 1. The van der Waals surface area contributed by atoms with Gasteiger partial charge in [-0.3, -0.25) is 9.59 Å². The molecule has 3 rings (SSSR count). The van der Waals surface area contributed by atoms with Crippen molar-refractivity contribution in [2.24, 2.45) is 5.92 Å². The first-order valence-electron chi connectivity index (χ1n) is 9.61. The van der Waals surface area contributed by atoms with Crippen LogP contribution in [0.5, 0.6) is 5.75 Å². The van der Waals surface area contributed by atoms with E-state index in [1.54, 1.807) is 6.07 Å².